The maximum atomic E-state index is 11.8. The van der Waals surface area contributed by atoms with Crippen LogP contribution in [-0.2, 0) is 9.53 Å². The van der Waals surface area contributed by atoms with E-state index in [1.807, 2.05) is 0 Å². The van der Waals surface area contributed by atoms with E-state index in [9.17, 15) is 4.79 Å². The van der Waals surface area contributed by atoms with Crippen LogP contribution in [0.3, 0.4) is 0 Å². The number of rotatable bonds is 4. The Balaban J connectivity index is 1.82. The summed E-state index contributed by atoms with van der Waals surface area (Å²) in [6.45, 7) is 4.25. The van der Waals surface area contributed by atoms with Crippen molar-refractivity contribution >= 4 is 28.6 Å². The fourth-order valence-corrected chi connectivity index (χ4v) is 4.45. The largest absolute Gasteiger partial charge is 0.461 e. The van der Waals surface area contributed by atoms with Gasteiger partial charge in [0, 0.05) is 3.92 Å². The van der Waals surface area contributed by atoms with E-state index in [1.165, 1.54) is 38.5 Å². The summed E-state index contributed by atoms with van der Waals surface area (Å²) in [6.07, 6.45) is 9.32. The molecule has 0 aromatic heterocycles. The molecule has 0 N–H and O–H groups in total. The quantitative estimate of drug-likeness (QED) is 0.421. The maximum absolute atomic E-state index is 11.8. The number of carbonyl (C=O) groups is 1. The highest BCUT2D eigenvalue weighted by atomic mass is 127. The molecule has 1 aliphatic heterocycles. The Bertz CT molecular complexity index is 284. The number of hydrogen-bond acceptors (Lipinski definition) is 2. The van der Waals surface area contributed by atoms with Crippen molar-refractivity contribution in [2.45, 2.75) is 68.8 Å². The SMILES string of the molecule is CC(C)[C@@H]1C[C@H]([C@@H](I)CC2CCCCC2)OC1=O. The standard InChI is InChI=1S/C15H25IO2/c1-10(2)12-9-14(18-15(12)17)13(16)8-11-6-4-3-5-7-11/h10-14H,3-9H2,1-2H3/t12-,13-,14+/m0/s1. The van der Waals surface area contributed by atoms with E-state index in [0.717, 1.165) is 12.3 Å². The number of cyclic esters (lactones) is 1. The molecule has 1 saturated carbocycles. The van der Waals surface area contributed by atoms with Gasteiger partial charge in [-0.3, -0.25) is 4.79 Å². The fourth-order valence-electron chi connectivity index (χ4n) is 3.29. The van der Waals surface area contributed by atoms with Crippen LogP contribution < -0.4 is 0 Å². The molecule has 0 radical (unpaired) electrons. The third-order valence-electron chi connectivity index (χ3n) is 4.55. The number of ether oxygens (including phenoxy) is 1. The molecule has 2 nitrogen and oxygen atoms in total. The molecule has 3 heteroatoms. The summed E-state index contributed by atoms with van der Waals surface area (Å²) in [6, 6.07) is 0. The van der Waals surface area contributed by atoms with Crippen LogP contribution in [0.2, 0.25) is 0 Å². The van der Waals surface area contributed by atoms with E-state index >= 15 is 0 Å². The van der Waals surface area contributed by atoms with E-state index < -0.39 is 0 Å². The first kappa shape index (κ1) is 14.6. The summed E-state index contributed by atoms with van der Waals surface area (Å²) in [5.41, 5.74) is 0. The topological polar surface area (TPSA) is 26.3 Å². The Labute approximate surface area is 124 Å². The third-order valence-corrected chi connectivity index (χ3v) is 5.86. The molecule has 2 fully saturated rings. The van der Waals surface area contributed by atoms with Gasteiger partial charge in [-0.1, -0.05) is 68.5 Å². The van der Waals surface area contributed by atoms with Crippen molar-refractivity contribution in [1.82, 2.24) is 0 Å². The lowest BCUT2D eigenvalue weighted by molar-refractivity contribution is -0.145. The van der Waals surface area contributed by atoms with Gasteiger partial charge in [-0.25, -0.2) is 0 Å². The lowest BCUT2D eigenvalue weighted by Gasteiger charge is -2.26. The van der Waals surface area contributed by atoms with Crippen molar-refractivity contribution in [1.29, 1.82) is 0 Å². The molecule has 0 unspecified atom stereocenters. The van der Waals surface area contributed by atoms with Gasteiger partial charge in [-0.2, -0.15) is 0 Å². The predicted octanol–water partition coefficient (Wildman–Crippen LogP) is 4.35. The van der Waals surface area contributed by atoms with Crippen molar-refractivity contribution < 1.29 is 9.53 Å². The average molecular weight is 364 g/mol. The van der Waals surface area contributed by atoms with Gasteiger partial charge in [-0.15, -0.1) is 0 Å². The van der Waals surface area contributed by atoms with Crippen LogP contribution in [-0.4, -0.2) is 16.0 Å². The first-order chi connectivity index (χ1) is 8.58. The van der Waals surface area contributed by atoms with Gasteiger partial charge < -0.3 is 4.74 Å². The van der Waals surface area contributed by atoms with Crippen LogP contribution in [0.1, 0.15) is 58.8 Å². The molecule has 0 spiro atoms. The van der Waals surface area contributed by atoms with E-state index in [0.29, 0.717) is 9.84 Å². The maximum Gasteiger partial charge on any atom is 0.309 e. The van der Waals surface area contributed by atoms with Crippen molar-refractivity contribution in [2.24, 2.45) is 17.8 Å². The van der Waals surface area contributed by atoms with Gasteiger partial charge in [-0.05, 0) is 24.7 Å². The molecule has 2 rings (SSSR count). The highest BCUT2D eigenvalue weighted by Crippen LogP contribution is 2.36. The molecule has 1 heterocycles. The summed E-state index contributed by atoms with van der Waals surface area (Å²) in [5.74, 6) is 1.47. The second kappa shape index (κ2) is 6.58. The number of alkyl halides is 1. The highest BCUT2D eigenvalue weighted by molar-refractivity contribution is 14.1. The smallest absolute Gasteiger partial charge is 0.309 e. The lowest BCUT2D eigenvalue weighted by atomic mass is 9.84. The molecular weight excluding hydrogens is 339 g/mol. The van der Waals surface area contributed by atoms with E-state index in [2.05, 4.69) is 36.4 Å². The minimum absolute atomic E-state index is 0.0420. The Morgan fingerprint density at radius 1 is 1.28 bits per heavy atom. The van der Waals surface area contributed by atoms with E-state index in [4.69, 9.17) is 4.74 Å². The van der Waals surface area contributed by atoms with Crippen LogP contribution >= 0.6 is 22.6 Å². The number of esters is 1. The monoisotopic (exact) mass is 364 g/mol. The summed E-state index contributed by atoms with van der Waals surface area (Å²) in [7, 11) is 0. The normalized spacial score (nSPS) is 31.7. The third kappa shape index (κ3) is 3.61. The van der Waals surface area contributed by atoms with Crippen molar-refractivity contribution in [3.05, 3.63) is 0 Å². The average Bonchev–Trinajstić information content (AvgIpc) is 2.73. The molecule has 0 bridgehead atoms. The van der Waals surface area contributed by atoms with Gasteiger partial charge in [0.2, 0.25) is 0 Å². The zero-order chi connectivity index (χ0) is 13.1. The Kier molecular flexibility index (Phi) is 5.34. The lowest BCUT2D eigenvalue weighted by Crippen LogP contribution is -2.24. The molecule has 0 amide bonds. The van der Waals surface area contributed by atoms with Gasteiger partial charge in [0.25, 0.3) is 0 Å². The first-order valence-electron chi connectivity index (χ1n) is 7.42. The molecule has 1 aliphatic carbocycles. The van der Waals surface area contributed by atoms with Gasteiger partial charge in [0.05, 0.1) is 5.92 Å². The number of hydrogen-bond donors (Lipinski definition) is 0. The minimum Gasteiger partial charge on any atom is -0.461 e. The molecule has 3 atom stereocenters. The van der Waals surface area contributed by atoms with Crippen LogP contribution in [0.25, 0.3) is 0 Å². The van der Waals surface area contributed by atoms with Crippen molar-refractivity contribution in [3.8, 4) is 0 Å². The number of carbonyl (C=O) groups excluding carboxylic acids is 1. The molecule has 18 heavy (non-hydrogen) atoms. The molecule has 0 aromatic rings. The summed E-state index contributed by atoms with van der Waals surface area (Å²) >= 11 is 2.51. The molecular formula is C15H25IO2. The van der Waals surface area contributed by atoms with E-state index in [1.54, 1.807) is 0 Å². The molecule has 104 valence electrons. The summed E-state index contributed by atoms with van der Waals surface area (Å²) in [4.78, 5) is 11.8. The van der Waals surface area contributed by atoms with Gasteiger partial charge in [0.15, 0.2) is 0 Å². The van der Waals surface area contributed by atoms with Crippen LogP contribution in [0, 0.1) is 17.8 Å². The predicted molar refractivity (Wildman–Crippen MR) is 81.8 cm³/mol. The second-order valence-electron chi connectivity index (χ2n) is 6.32. The second-order valence-corrected chi connectivity index (χ2v) is 7.92. The Morgan fingerprint density at radius 2 is 1.94 bits per heavy atom. The van der Waals surface area contributed by atoms with Gasteiger partial charge >= 0.3 is 5.97 Å². The molecule has 1 saturated heterocycles. The van der Waals surface area contributed by atoms with Crippen LogP contribution in [0.4, 0.5) is 0 Å². The summed E-state index contributed by atoms with van der Waals surface area (Å²) in [5, 5.41) is 0. The van der Waals surface area contributed by atoms with E-state index in [-0.39, 0.29) is 18.0 Å². The van der Waals surface area contributed by atoms with Crippen LogP contribution in [0.15, 0.2) is 0 Å². The summed E-state index contributed by atoms with van der Waals surface area (Å²) < 4.78 is 6.10. The Hall–Kier alpha value is 0.200. The zero-order valence-electron chi connectivity index (χ0n) is 11.5. The molecule has 0 aromatic carbocycles. The van der Waals surface area contributed by atoms with Crippen molar-refractivity contribution in [2.75, 3.05) is 0 Å². The fraction of sp³-hybridized carbons (Fsp3) is 0.933. The Morgan fingerprint density at radius 3 is 2.50 bits per heavy atom. The molecule has 2 aliphatic rings. The highest BCUT2D eigenvalue weighted by Gasteiger charge is 2.39. The minimum atomic E-state index is 0.0420. The van der Waals surface area contributed by atoms with Gasteiger partial charge in [0.1, 0.15) is 6.10 Å². The van der Waals surface area contributed by atoms with Crippen molar-refractivity contribution in [3.63, 3.8) is 0 Å². The number of halogens is 1. The van der Waals surface area contributed by atoms with Crippen LogP contribution in [0.5, 0.6) is 0 Å². The zero-order valence-corrected chi connectivity index (χ0v) is 13.7. The first-order valence-corrected chi connectivity index (χ1v) is 8.67.